The van der Waals surface area contributed by atoms with Crippen LogP contribution >= 0.6 is 0 Å². The lowest BCUT2D eigenvalue weighted by molar-refractivity contribution is 0.0761. The molecule has 0 bridgehead atoms. The number of urea groups is 1. The molecule has 2 aliphatic rings. The van der Waals surface area contributed by atoms with Crippen molar-refractivity contribution in [1.82, 2.24) is 10.2 Å². The molecule has 2 fully saturated rings. The summed E-state index contributed by atoms with van der Waals surface area (Å²) in [5.41, 5.74) is 8.44. The number of hydrogen-bond donors (Lipinski definition) is 2. The number of amides is 3. The summed E-state index contributed by atoms with van der Waals surface area (Å²) in [7, 11) is 0. The number of carbonyl (C=O) groups excluding carboxylic acids is 2. The zero-order chi connectivity index (χ0) is 16.4. The van der Waals surface area contributed by atoms with Crippen LogP contribution in [0.5, 0.6) is 0 Å². The molecule has 2 heterocycles. The molecule has 6 nitrogen and oxygen atoms in total. The number of nitrogens with zero attached hydrogens (tertiary/aromatic N) is 2. The number of aryl methyl sites for hydroxylation is 1. The summed E-state index contributed by atoms with van der Waals surface area (Å²) in [4.78, 5) is 28.3. The molecule has 0 aliphatic carbocycles. The average molecular weight is 316 g/mol. The van der Waals surface area contributed by atoms with Crippen LogP contribution in [0, 0.1) is 6.92 Å². The highest BCUT2D eigenvalue weighted by molar-refractivity contribution is 5.99. The molecule has 3 N–H and O–H groups in total. The maximum Gasteiger partial charge on any atom is 0.322 e. The molecule has 2 saturated heterocycles. The maximum atomic E-state index is 12.8. The minimum Gasteiger partial charge on any atom is -0.339 e. The van der Waals surface area contributed by atoms with Crippen molar-refractivity contribution < 1.29 is 9.59 Å². The molecule has 1 aromatic carbocycles. The molecule has 1 aromatic rings. The minimum absolute atomic E-state index is 0.0277. The van der Waals surface area contributed by atoms with Crippen LogP contribution < -0.4 is 16.0 Å². The van der Waals surface area contributed by atoms with Gasteiger partial charge in [0.2, 0.25) is 0 Å². The second-order valence-corrected chi connectivity index (χ2v) is 6.37. The van der Waals surface area contributed by atoms with E-state index in [1.807, 2.05) is 30.0 Å². The third-order valence-corrected chi connectivity index (χ3v) is 4.66. The Hall–Kier alpha value is -2.08. The fourth-order valence-corrected chi connectivity index (χ4v) is 3.24. The molecule has 0 aromatic heterocycles. The fraction of sp³-hybridized carbons (Fsp3) is 0.529. The molecule has 0 spiro atoms. The van der Waals surface area contributed by atoms with Crippen LogP contribution in [0.2, 0.25) is 0 Å². The Morgan fingerprint density at radius 2 is 2.09 bits per heavy atom. The predicted octanol–water partition coefficient (Wildman–Crippen LogP) is 1.48. The van der Waals surface area contributed by atoms with Crippen molar-refractivity contribution in [3.05, 3.63) is 29.3 Å². The molecule has 2 aliphatic heterocycles. The highest BCUT2D eigenvalue weighted by Gasteiger charge is 2.25. The highest BCUT2D eigenvalue weighted by Crippen LogP contribution is 2.24. The van der Waals surface area contributed by atoms with E-state index in [1.165, 1.54) is 0 Å². The Bertz CT molecular complexity index is 617. The van der Waals surface area contributed by atoms with Gasteiger partial charge >= 0.3 is 6.03 Å². The van der Waals surface area contributed by atoms with Crippen molar-refractivity contribution in [2.45, 2.75) is 32.2 Å². The van der Waals surface area contributed by atoms with Gasteiger partial charge in [0.05, 0.1) is 0 Å². The van der Waals surface area contributed by atoms with E-state index in [0.29, 0.717) is 25.2 Å². The molecule has 1 atom stereocenters. The Labute approximate surface area is 136 Å². The third-order valence-electron chi connectivity index (χ3n) is 4.66. The molecular formula is C17H24N4O2. The second kappa shape index (κ2) is 6.58. The first-order valence-corrected chi connectivity index (χ1v) is 8.27. The number of hydrogen-bond acceptors (Lipinski definition) is 3. The van der Waals surface area contributed by atoms with Crippen molar-refractivity contribution in [2.24, 2.45) is 5.73 Å². The number of nitrogens with two attached hydrogens (primary N) is 1. The van der Waals surface area contributed by atoms with Crippen LogP contribution in [0.3, 0.4) is 0 Å². The second-order valence-electron chi connectivity index (χ2n) is 6.37. The Morgan fingerprint density at radius 3 is 2.83 bits per heavy atom. The standard InChI is InChI=1S/C17H24N4O2/c1-12-4-5-13(11-15(12)21-10-7-19-17(21)23)16(22)20-8-2-3-14(18)6-9-20/h4-5,11,14H,2-3,6-10,18H2,1H3,(H,19,23)/t14-/m1/s1. The quantitative estimate of drug-likeness (QED) is 0.867. The van der Waals surface area contributed by atoms with Gasteiger partial charge in [-0.1, -0.05) is 6.07 Å². The van der Waals surface area contributed by atoms with Gasteiger partial charge in [0.1, 0.15) is 0 Å². The molecule has 23 heavy (non-hydrogen) atoms. The summed E-state index contributed by atoms with van der Waals surface area (Å²) in [6, 6.07) is 5.69. The predicted molar refractivity (Wildman–Crippen MR) is 89.7 cm³/mol. The van der Waals surface area contributed by atoms with Crippen LogP contribution in [-0.4, -0.2) is 49.1 Å². The summed E-state index contributed by atoms with van der Waals surface area (Å²) in [5, 5.41) is 2.80. The lowest BCUT2D eigenvalue weighted by atomic mass is 10.1. The van der Waals surface area contributed by atoms with Crippen molar-refractivity contribution in [2.75, 3.05) is 31.1 Å². The van der Waals surface area contributed by atoms with E-state index in [9.17, 15) is 9.59 Å². The normalized spacial score (nSPS) is 22.0. The van der Waals surface area contributed by atoms with Gasteiger partial charge in [-0.15, -0.1) is 0 Å². The number of benzene rings is 1. The lowest BCUT2D eigenvalue weighted by Gasteiger charge is -2.22. The summed E-state index contributed by atoms with van der Waals surface area (Å²) < 4.78 is 0. The van der Waals surface area contributed by atoms with Gasteiger partial charge in [-0.25, -0.2) is 4.79 Å². The first kappa shape index (κ1) is 15.8. The Balaban J connectivity index is 1.82. The first-order valence-electron chi connectivity index (χ1n) is 8.27. The number of rotatable bonds is 2. The summed E-state index contributed by atoms with van der Waals surface area (Å²) in [6.45, 7) is 4.68. The molecular weight excluding hydrogens is 292 g/mol. The monoisotopic (exact) mass is 316 g/mol. The van der Waals surface area contributed by atoms with Crippen molar-refractivity contribution in [3.8, 4) is 0 Å². The van der Waals surface area contributed by atoms with E-state index in [1.54, 1.807) is 4.90 Å². The third kappa shape index (κ3) is 3.32. The molecule has 0 radical (unpaired) electrons. The number of carbonyl (C=O) groups is 2. The number of nitrogens with one attached hydrogen (secondary N) is 1. The van der Waals surface area contributed by atoms with Crippen LogP contribution in [0.15, 0.2) is 18.2 Å². The maximum absolute atomic E-state index is 12.8. The van der Waals surface area contributed by atoms with E-state index < -0.39 is 0 Å². The molecule has 124 valence electrons. The SMILES string of the molecule is Cc1ccc(C(=O)N2CCC[C@@H](N)CC2)cc1N1CCNC1=O. The van der Waals surface area contributed by atoms with E-state index in [-0.39, 0.29) is 18.0 Å². The molecule has 3 rings (SSSR count). The molecule has 0 saturated carbocycles. The van der Waals surface area contributed by atoms with Crippen molar-refractivity contribution in [1.29, 1.82) is 0 Å². The van der Waals surface area contributed by atoms with E-state index >= 15 is 0 Å². The van der Waals surface area contributed by atoms with Crippen LogP contribution in [0.4, 0.5) is 10.5 Å². The number of likely N-dealkylation sites (tertiary alicyclic amines) is 1. The van der Waals surface area contributed by atoms with E-state index in [4.69, 9.17) is 5.73 Å². The fourth-order valence-electron chi connectivity index (χ4n) is 3.24. The Kier molecular flexibility index (Phi) is 4.52. The topological polar surface area (TPSA) is 78.7 Å². The lowest BCUT2D eigenvalue weighted by Crippen LogP contribution is -2.33. The zero-order valence-electron chi connectivity index (χ0n) is 13.5. The van der Waals surface area contributed by atoms with Gasteiger partial charge in [-0.3, -0.25) is 9.69 Å². The molecule has 0 unspecified atom stereocenters. The van der Waals surface area contributed by atoms with E-state index in [2.05, 4.69) is 5.32 Å². The first-order chi connectivity index (χ1) is 11.1. The zero-order valence-corrected chi connectivity index (χ0v) is 13.5. The highest BCUT2D eigenvalue weighted by atomic mass is 16.2. The van der Waals surface area contributed by atoms with Crippen molar-refractivity contribution >= 4 is 17.6 Å². The van der Waals surface area contributed by atoms with Crippen LogP contribution in [-0.2, 0) is 0 Å². The van der Waals surface area contributed by atoms with Gasteiger partial charge in [0.15, 0.2) is 0 Å². The van der Waals surface area contributed by atoms with Gasteiger partial charge < -0.3 is 16.0 Å². The van der Waals surface area contributed by atoms with Gasteiger partial charge in [0.25, 0.3) is 5.91 Å². The van der Waals surface area contributed by atoms with Gasteiger partial charge in [0, 0.05) is 43.5 Å². The van der Waals surface area contributed by atoms with Gasteiger partial charge in [-0.05, 0) is 43.9 Å². The number of anilines is 1. The minimum atomic E-state index is -0.0987. The van der Waals surface area contributed by atoms with Gasteiger partial charge in [-0.2, -0.15) is 0 Å². The molecule has 3 amide bonds. The van der Waals surface area contributed by atoms with E-state index in [0.717, 1.165) is 37.1 Å². The van der Waals surface area contributed by atoms with Crippen LogP contribution in [0.1, 0.15) is 35.2 Å². The Morgan fingerprint density at radius 1 is 1.26 bits per heavy atom. The smallest absolute Gasteiger partial charge is 0.322 e. The molecule has 6 heteroatoms. The summed E-state index contributed by atoms with van der Waals surface area (Å²) in [5.74, 6) is 0.0277. The summed E-state index contributed by atoms with van der Waals surface area (Å²) >= 11 is 0. The summed E-state index contributed by atoms with van der Waals surface area (Å²) in [6.07, 6.45) is 2.76. The van der Waals surface area contributed by atoms with Crippen LogP contribution in [0.25, 0.3) is 0 Å². The largest absolute Gasteiger partial charge is 0.339 e. The van der Waals surface area contributed by atoms with Crippen molar-refractivity contribution in [3.63, 3.8) is 0 Å². The average Bonchev–Trinajstić information content (AvgIpc) is 2.84.